The van der Waals surface area contributed by atoms with Crippen molar-refractivity contribution in [3.05, 3.63) is 71.8 Å². The average Bonchev–Trinajstić information content (AvgIpc) is 2.76. The minimum atomic E-state index is -0.625. The van der Waals surface area contributed by atoms with Gasteiger partial charge < -0.3 is 10.4 Å². The SMILES string of the molecule is CCCCCC[C@]1(O)[C@H](C)[C@H](c2ccccc2)[NH2+][C@H](c2ccccc2)[C@@H]1CCC. The van der Waals surface area contributed by atoms with Crippen LogP contribution in [0.3, 0.4) is 0 Å². The Bertz CT molecular complexity index is 716. The van der Waals surface area contributed by atoms with E-state index in [0.29, 0.717) is 6.04 Å². The van der Waals surface area contributed by atoms with Gasteiger partial charge in [-0.15, -0.1) is 0 Å². The van der Waals surface area contributed by atoms with Crippen LogP contribution in [-0.4, -0.2) is 10.7 Å². The highest BCUT2D eigenvalue weighted by Crippen LogP contribution is 2.47. The summed E-state index contributed by atoms with van der Waals surface area (Å²) in [6, 6.07) is 22.3. The van der Waals surface area contributed by atoms with Crippen LogP contribution in [0.15, 0.2) is 60.7 Å². The van der Waals surface area contributed by atoms with E-state index in [1.807, 2.05) is 0 Å². The number of hydrogen-bond donors (Lipinski definition) is 2. The van der Waals surface area contributed by atoms with Crippen molar-refractivity contribution in [1.29, 1.82) is 0 Å². The van der Waals surface area contributed by atoms with E-state index in [-0.39, 0.29) is 17.9 Å². The van der Waals surface area contributed by atoms with Gasteiger partial charge in [-0.25, -0.2) is 0 Å². The molecule has 3 rings (SSSR count). The lowest BCUT2D eigenvalue weighted by molar-refractivity contribution is -0.765. The zero-order valence-electron chi connectivity index (χ0n) is 18.6. The van der Waals surface area contributed by atoms with Crippen LogP contribution < -0.4 is 5.32 Å². The monoisotopic (exact) mass is 394 g/mol. The molecular weight excluding hydrogens is 354 g/mol. The Hall–Kier alpha value is -1.64. The summed E-state index contributed by atoms with van der Waals surface area (Å²) in [7, 11) is 0. The Morgan fingerprint density at radius 3 is 1.93 bits per heavy atom. The minimum Gasteiger partial charge on any atom is -0.389 e. The summed E-state index contributed by atoms with van der Waals surface area (Å²) in [5.74, 6) is 0.509. The molecule has 1 heterocycles. The fourth-order valence-corrected chi connectivity index (χ4v) is 5.57. The van der Waals surface area contributed by atoms with E-state index in [2.05, 4.69) is 86.8 Å². The third-order valence-electron chi connectivity index (χ3n) is 7.22. The van der Waals surface area contributed by atoms with E-state index < -0.39 is 5.60 Å². The smallest absolute Gasteiger partial charge is 0.118 e. The second kappa shape index (κ2) is 10.4. The van der Waals surface area contributed by atoms with Crippen molar-refractivity contribution in [2.24, 2.45) is 11.8 Å². The number of unbranched alkanes of at least 4 members (excludes halogenated alkanes) is 3. The molecule has 2 nitrogen and oxygen atoms in total. The lowest BCUT2D eigenvalue weighted by Gasteiger charge is -2.51. The molecule has 1 saturated heterocycles. The highest BCUT2D eigenvalue weighted by atomic mass is 16.3. The molecule has 2 heteroatoms. The first-order chi connectivity index (χ1) is 14.1. The topological polar surface area (TPSA) is 36.8 Å². The van der Waals surface area contributed by atoms with Gasteiger partial charge in [0.25, 0.3) is 0 Å². The Morgan fingerprint density at radius 2 is 1.38 bits per heavy atom. The fraction of sp³-hybridized carbons (Fsp3) is 0.556. The second-order valence-corrected chi connectivity index (χ2v) is 9.05. The van der Waals surface area contributed by atoms with Crippen molar-refractivity contribution in [2.75, 3.05) is 0 Å². The molecule has 0 spiro atoms. The van der Waals surface area contributed by atoms with Crippen molar-refractivity contribution in [3.63, 3.8) is 0 Å². The molecule has 0 aliphatic carbocycles. The molecule has 0 aromatic heterocycles. The zero-order valence-corrected chi connectivity index (χ0v) is 18.6. The van der Waals surface area contributed by atoms with Gasteiger partial charge in [-0.05, 0) is 12.8 Å². The molecule has 2 aromatic carbocycles. The maximum absolute atomic E-state index is 12.3. The summed E-state index contributed by atoms with van der Waals surface area (Å²) in [6.07, 6.45) is 7.95. The van der Waals surface area contributed by atoms with Gasteiger partial charge in [0.2, 0.25) is 0 Å². The summed E-state index contributed by atoms with van der Waals surface area (Å²) in [4.78, 5) is 0. The highest BCUT2D eigenvalue weighted by molar-refractivity contribution is 5.24. The van der Waals surface area contributed by atoms with Crippen LogP contribution in [0.25, 0.3) is 0 Å². The number of hydrogen-bond acceptors (Lipinski definition) is 1. The van der Waals surface area contributed by atoms with Crippen molar-refractivity contribution in [2.45, 2.75) is 83.4 Å². The van der Waals surface area contributed by atoms with Gasteiger partial charge in [-0.2, -0.15) is 0 Å². The maximum Gasteiger partial charge on any atom is 0.118 e. The quantitative estimate of drug-likeness (QED) is 0.518. The lowest BCUT2D eigenvalue weighted by Crippen LogP contribution is -2.93. The lowest BCUT2D eigenvalue weighted by atomic mass is 9.62. The first-order valence-electron chi connectivity index (χ1n) is 11.8. The minimum absolute atomic E-state index is 0.225. The summed E-state index contributed by atoms with van der Waals surface area (Å²) >= 11 is 0. The van der Waals surface area contributed by atoms with Crippen LogP contribution in [0.1, 0.15) is 88.9 Å². The van der Waals surface area contributed by atoms with E-state index in [4.69, 9.17) is 0 Å². The molecule has 1 aliphatic rings. The number of rotatable bonds is 9. The van der Waals surface area contributed by atoms with Gasteiger partial charge in [-0.1, -0.05) is 114 Å². The summed E-state index contributed by atoms with van der Waals surface area (Å²) in [5.41, 5.74) is 2.06. The molecule has 0 amide bonds. The summed E-state index contributed by atoms with van der Waals surface area (Å²) in [5, 5.41) is 14.8. The van der Waals surface area contributed by atoms with Crippen molar-refractivity contribution < 1.29 is 10.4 Å². The zero-order chi connectivity index (χ0) is 20.7. The van der Waals surface area contributed by atoms with Gasteiger partial charge in [0, 0.05) is 23.0 Å². The molecule has 1 aliphatic heterocycles. The number of quaternary nitrogens is 1. The molecule has 0 unspecified atom stereocenters. The molecule has 158 valence electrons. The predicted octanol–water partition coefficient (Wildman–Crippen LogP) is 5.80. The molecule has 3 N–H and O–H groups in total. The van der Waals surface area contributed by atoms with Crippen molar-refractivity contribution in [1.82, 2.24) is 0 Å². The molecule has 0 bridgehead atoms. The molecule has 29 heavy (non-hydrogen) atoms. The first kappa shape index (κ1) is 22.1. The van der Waals surface area contributed by atoms with Crippen LogP contribution in [0.5, 0.6) is 0 Å². The van der Waals surface area contributed by atoms with Gasteiger partial charge >= 0.3 is 0 Å². The second-order valence-electron chi connectivity index (χ2n) is 9.05. The third-order valence-corrected chi connectivity index (χ3v) is 7.22. The van der Waals surface area contributed by atoms with Gasteiger partial charge in [0.05, 0.1) is 5.60 Å². The predicted molar refractivity (Wildman–Crippen MR) is 122 cm³/mol. The standard InChI is InChI=1S/C27H39NO/c1-4-6-7-14-20-27(29)21(3)25(22-16-10-8-11-17-22)28-26(24(27)15-5-2)23-18-12-9-13-19-23/h8-13,16-19,21,24-26,28-29H,4-7,14-15,20H2,1-3H3/p+1/t21-,24+,25-,26-,27+/m1/s1. The number of nitrogens with two attached hydrogens (primary N) is 1. The van der Waals surface area contributed by atoms with Crippen LogP contribution in [0.4, 0.5) is 0 Å². The molecule has 5 atom stereocenters. The Balaban J connectivity index is 1.98. The summed E-state index contributed by atoms with van der Waals surface area (Å²) < 4.78 is 0. The number of aliphatic hydroxyl groups is 1. The van der Waals surface area contributed by atoms with E-state index in [1.54, 1.807) is 0 Å². The number of benzene rings is 2. The van der Waals surface area contributed by atoms with Crippen LogP contribution >= 0.6 is 0 Å². The Morgan fingerprint density at radius 1 is 0.793 bits per heavy atom. The van der Waals surface area contributed by atoms with Crippen molar-refractivity contribution >= 4 is 0 Å². The molecule has 0 radical (unpaired) electrons. The maximum atomic E-state index is 12.3. The Kier molecular flexibility index (Phi) is 7.91. The van der Waals surface area contributed by atoms with Gasteiger partial charge in [0.15, 0.2) is 0 Å². The van der Waals surface area contributed by atoms with Crippen LogP contribution in [-0.2, 0) is 0 Å². The Labute approximate surface area is 177 Å². The van der Waals surface area contributed by atoms with E-state index in [9.17, 15) is 5.11 Å². The van der Waals surface area contributed by atoms with Crippen LogP contribution in [0, 0.1) is 11.8 Å². The normalized spacial score (nSPS) is 29.7. The van der Waals surface area contributed by atoms with Crippen LogP contribution in [0.2, 0.25) is 0 Å². The molecule has 0 saturated carbocycles. The summed E-state index contributed by atoms with van der Waals surface area (Å²) in [6.45, 7) is 6.80. The van der Waals surface area contributed by atoms with E-state index in [1.165, 1.54) is 30.4 Å². The third kappa shape index (κ3) is 4.92. The molecule has 2 aromatic rings. The molecular formula is C27H40NO+. The van der Waals surface area contributed by atoms with Gasteiger partial charge in [0.1, 0.15) is 12.1 Å². The van der Waals surface area contributed by atoms with Crippen molar-refractivity contribution in [3.8, 4) is 0 Å². The fourth-order valence-electron chi connectivity index (χ4n) is 5.57. The first-order valence-corrected chi connectivity index (χ1v) is 11.8. The van der Waals surface area contributed by atoms with Gasteiger partial charge in [-0.3, -0.25) is 0 Å². The number of piperidine rings is 1. The van der Waals surface area contributed by atoms with E-state index >= 15 is 0 Å². The largest absolute Gasteiger partial charge is 0.389 e. The van der Waals surface area contributed by atoms with E-state index in [0.717, 1.165) is 25.7 Å². The molecule has 1 fully saturated rings. The average molecular weight is 395 g/mol. The highest BCUT2D eigenvalue weighted by Gasteiger charge is 2.54.